The molecule has 0 aliphatic heterocycles. The van der Waals surface area contributed by atoms with E-state index in [1.807, 2.05) is 20.8 Å². The first kappa shape index (κ1) is 21.0. The Balaban J connectivity index is 2.02. The monoisotopic (exact) mass is 395 g/mol. The average Bonchev–Trinajstić information content (AvgIpc) is 2.92. The van der Waals surface area contributed by atoms with Gasteiger partial charge >= 0.3 is 0 Å². The van der Waals surface area contributed by atoms with E-state index in [2.05, 4.69) is 15.6 Å². The average molecular weight is 395 g/mol. The number of thiazole rings is 1. The Hall–Kier alpha value is -2.35. The fraction of sp³-hybridized carbons (Fsp3) is 0.421. The summed E-state index contributed by atoms with van der Waals surface area (Å²) in [5.41, 5.74) is 1.09. The number of halogens is 2. The number of nitrogens with zero attached hydrogens (tertiary/aromatic N) is 1. The lowest BCUT2D eigenvalue weighted by molar-refractivity contribution is -0.126. The molecule has 1 aromatic heterocycles. The summed E-state index contributed by atoms with van der Waals surface area (Å²) in [6, 6.07) is 2.20. The standard InChI is InChI=1S/C19H23F2N3O2S/c1-4-6-15(18(26)24-19-22-11(3)16(5-2)27-19)23-17(25)9-12-7-13(20)10-14(21)8-12/h7-8,10,15H,4-6,9H2,1-3H3,(H,23,25)(H,22,24,26)/t15-/m0/s1. The van der Waals surface area contributed by atoms with Crippen molar-refractivity contribution in [1.29, 1.82) is 0 Å². The first-order valence-electron chi connectivity index (χ1n) is 8.83. The molecule has 1 atom stereocenters. The Labute approximate surface area is 161 Å². The van der Waals surface area contributed by atoms with Crippen molar-refractivity contribution in [3.63, 3.8) is 0 Å². The third-order valence-electron chi connectivity index (χ3n) is 3.96. The molecule has 2 aromatic rings. The van der Waals surface area contributed by atoms with Crippen LogP contribution < -0.4 is 10.6 Å². The Bertz CT molecular complexity index is 803. The van der Waals surface area contributed by atoms with Gasteiger partial charge in [-0.15, -0.1) is 11.3 Å². The quantitative estimate of drug-likeness (QED) is 0.715. The molecule has 2 amide bonds. The number of aromatic nitrogens is 1. The normalized spacial score (nSPS) is 11.9. The van der Waals surface area contributed by atoms with E-state index in [0.717, 1.165) is 35.2 Å². The number of hydrogen-bond acceptors (Lipinski definition) is 4. The molecule has 0 fully saturated rings. The maximum atomic E-state index is 13.3. The Morgan fingerprint density at radius 1 is 1.19 bits per heavy atom. The smallest absolute Gasteiger partial charge is 0.248 e. The second-order valence-electron chi connectivity index (χ2n) is 6.23. The van der Waals surface area contributed by atoms with Crippen LogP contribution in [0.25, 0.3) is 0 Å². The molecule has 1 heterocycles. The van der Waals surface area contributed by atoms with Gasteiger partial charge in [-0.05, 0) is 37.5 Å². The zero-order valence-electron chi connectivity index (χ0n) is 15.6. The third-order valence-corrected chi connectivity index (χ3v) is 5.18. The van der Waals surface area contributed by atoms with Crippen LogP contribution in [0.1, 0.15) is 42.8 Å². The Morgan fingerprint density at radius 2 is 1.85 bits per heavy atom. The third kappa shape index (κ3) is 6.09. The van der Waals surface area contributed by atoms with Crippen LogP contribution in [0.3, 0.4) is 0 Å². The molecule has 8 heteroatoms. The van der Waals surface area contributed by atoms with Crippen LogP contribution in [0.2, 0.25) is 0 Å². The van der Waals surface area contributed by atoms with Gasteiger partial charge in [0.05, 0.1) is 12.1 Å². The lowest BCUT2D eigenvalue weighted by Crippen LogP contribution is -2.44. The number of carbonyl (C=O) groups is 2. The van der Waals surface area contributed by atoms with Gasteiger partial charge in [-0.2, -0.15) is 0 Å². The van der Waals surface area contributed by atoms with Crippen molar-refractivity contribution >= 4 is 28.3 Å². The number of aryl methyl sites for hydroxylation is 2. The van der Waals surface area contributed by atoms with Gasteiger partial charge in [-0.1, -0.05) is 20.3 Å². The number of rotatable bonds is 8. The molecule has 1 aromatic carbocycles. The van der Waals surface area contributed by atoms with Gasteiger partial charge in [0.25, 0.3) is 0 Å². The van der Waals surface area contributed by atoms with E-state index >= 15 is 0 Å². The summed E-state index contributed by atoms with van der Waals surface area (Å²) in [7, 11) is 0. The lowest BCUT2D eigenvalue weighted by Gasteiger charge is -2.17. The van der Waals surface area contributed by atoms with E-state index in [4.69, 9.17) is 0 Å². The van der Waals surface area contributed by atoms with Crippen LogP contribution in [0.15, 0.2) is 18.2 Å². The molecule has 0 aliphatic carbocycles. The first-order valence-corrected chi connectivity index (χ1v) is 9.65. The molecule has 0 bridgehead atoms. The molecule has 0 spiro atoms. The molecular formula is C19H23F2N3O2S. The molecular weight excluding hydrogens is 372 g/mol. The maximum Gasteiger partial charge on any atom is 0.248 e. The second kappa shape index (κ2) is 9.55. The number of amides is 2. The fourth-order valence-corrected chi connectivity index (χ4v) is 3.61. The zero-order chi connectivity index (χ0) is 20.0. The summed E-state index contributed by atoms with van der Waals surface area (Å²) in [5, 5.41) is 5.88. The lowest BCUT2D eigenvalue weighted by atomic mass is 10.1. The van der Waals surface area contributed by atoms with E-state index in [1.165, 1.54) is 11.3 Å². The van der Waals surface area contributed by atoms with Crippen LogP contribution in [0.4, 0.5) is 13.9 Å². The first-order chi connectivity index (χ1) is 12.8. The van der Waals surface area contributed by atoms with Crippen molar-refractivity contribution < 1.29 is 18.4 Å². The zero-order valence-corrected chi connectivity index (χ0v) is 16.4. The van der Waals surface area contributed by atoms with Crippen molar-refractivity contribution in [1.82, 2.24) is 10.3 Å². The maximum absolute atomic E-state index is 13.3. The highest BCUT2D eigenvalue weighted by Gasteiger charge is 2.21. The topological polar surface area (TPSA) is 71.1 Å². The molecule has 146 valence electrons. The van der Waals surface area contributed by atoms with Crippen LogP contribution in [0, 0.1) is 18.6 Å². The van der Waals surface area contributed by atoms with Gasteiger partial charge in [0, 0.05) is 10.9 Å². The summed E-state index contributed by atoms with van der Waals surface area (Å²) in [6.07, 6.45) is 1.75. The fourth-order valence-electron chi connectivity index (χ4n) is 2.70. The molecule has 5 nitrogen and oxygen atoms in total. The minimum Gasteiger partial charge on any atom is -0.344 e. The van der Waals surface area contributed by atoms with E-state index < -0.39 is 23.6 Å². The summed E-state index contributed by atoms with van der Waals surface area (Å²) in [5.74, 6) is -2.32. The van der Waals surface area contributed by atoms with Crippen molar-refractivity contribution in [2.24, 2.45) is 0 Å². The number of anilines is 1. The Kier molecular flexibility index (Phi) is 7.41. The predicted molar refractivity (Wildman–Crippen MR) is 102 cm³/mol. The van der Waals surface area contributed by atoms with Crippen LogP contribution in [0.5, 0.6) is 0 Å². The molecule has 0 saturated carbocycles. The van der Waals surface area contributed by atoms with E-state index in [-0.39, 0.29) is 17.9 Å². The van der Waals surface area contributed by atoms with Gasteiger partial charge in [0.2, 0.25) is 11.8 Å². The molecule has 0 radical (unpaired) electrons. The van der Waals surface area contributed by atoms with Crippen molar-refractivity contribution in [3.8, 4) is 0 Å². The van der Waals surface area contributed by atoms with Gasteiger partial charge in [0.15, 0.2) is 5.13 Å². The van der Waals surface area contributed by atoms with Crippen molar-refractivity contribution in [3.05, 3.63) is 46.0 Å². The largest absolute Gasteiger partial charge is 0.344 e. The summed E-state index contributed by atoms with van der Waals surface area (Å²) in [6.45, 7) is 5.80. The molecule has 0 unspecified atom stereocenters. The minimum atomic E-state index is -0.744. The highest BCUT2D eigenvalue weighted by molar-refractivity contribution is 7.15. The highest BCUT2D eigenvalue weighted by Crippen LogP contribution is 2.23. The number of benzene rings is 1. The van der Waals surface area contributed by atoms with Gasteiger partial charge in [-0.3, -0.25) is 9.59 Å². The van der Waals surface area contributed by atoms with E-state index in [9.17, 15) is 18.4 Å². The summed E-state index contributed by atoms with van der Waals surface area (Å²) < 4.78 is 26.5. The van der Waals surface area contributed by atoms with Crippen LogP contribution >= 0.6 is 11.3 Å². The SMILES string of the molecule is CCC[C@H](NC(=O)Cc1cc(F)cc(F)c1)C(=O)Nc1nc(C)c(CC)s1. The minimum absolute atomic E-state index is 0.210. The summed E-state index contributed by atoms with van der Waals surface area (Å²) >= 11 is 1.41. The number of nitrogens with one attached hydrogen (secondary N) is 2. The van der Waals surface area contributed by atoms with E-state index in [1.54, 1.807) is 0 Å². The second-order valence-corrected chi connectivity index (χ2v) is 7.32. The van der Waals surface area contributed by atoms with Gasteiger partial charge in [-0.25, -0.2) is 13.8 Å². The Morgan fingerprint density at radius 3 is 2.41 bits per heavy atom. The molecule has 2 N–H and O–H groups in total. The molecule has 0 saturated heterocycles. The number of hydrogen-bond donors (Lipinski definition) is 2. The van der Waals surface area contributed by atoms with Crippen LogP contribution in [-0.4, -0.2) is 22.8 Å². The van der Waals surface area contributed by atoms with E-state index in [0.29, 0.717) is 18.0 Å². The summed E-state index contributed by atoms with van der Waals surface area (Å²) in [4.78, 5) is 30.2. The molecule has 2 rings (SSSR count). The molecule has 0 aliphatic rings. The van der Waals surface area contributed by atoms with Crippen molar-refractivity contribution in [2.45, 2.75) is 52.5 Å². The van der Waals surface area contributed by atoms with Gasteiger partial charge in [0.1, 0.15) is 17.7 Å². The number of carbonyl (C=O) groups excluding carboxylic acids is 2. The predicted octanol–water partition coefficient (Wildman–Crippen LogP) is 3.76. The molecule has 27 heavy (non-hydrogen) atoms. The van der Waals surface area contributed by atoms with Crippen molar-refractivity contribution in [2.75, 3.05) is 5.32 Å². The van der Waals surface area contributed by atoms with Gasteiger partial charge < -0.3 is 10.6 Å². The van der Waals surface area contributed by atoms with Crippen LogP contribution in [-0.2, 0) is 22.4 Å². The highest BCUT2D eigenvalue weighted by atomic mass is 32.1.